The highest BCUT2D eigenvalue weighted by Gasteiger charge is 2.47. The van der Waals surface area contributed by atoms with Gasteiger partial charge in [-0.05, 0) is 25.2 Å². The van der Waals surface area contributed by atoms with Crippen LogP contribution in [0, 0.1) is 5.92 Å². The highest BCUT2D eigenvalue weighted by molar-refractivity contribution is 5.84. The molecular weight excluding hydrogens is 314 g/mol. The molecule has 1 aromatic rings. The van der Waals surface area contributed by atoms with Gasteiger partial charge in [0.05, 0.1) is 0 Å². The number of hydrogen-bond acceptors (Lipinski definition) is 4. The van der Waals surface area contributed by atoms with Crippen LogP contribution in [0.2, 0.25) is 0 Å². The van der Waals surface area contributed by atoms with Gasteiger partial charge in [-0.2, -0.15) is 0 Å². The fourth-order valence-corrected chi connectivity index (χ4v) is 4.00. The van der Waals surface area contributed by atoms with Gasteiger partial charge in [0.25, 0.3) is 5.56 Å². The average molecular weight is 335 g/mol. The van der Waals surface area contributed by atoms with Crippen LogP contribution in [0.1, 0.15) is 32.1 Å². The van der Waals surface area contributed by atoms with Gasteiger partial charge in [0, 0.05) is 25.4 Å². The lowest BCUT2D eigenvalue weighted by Crippen LogP contribution is -2.49. The van der Waals surface area contributed by atoms with Gasteiger partial charge in [0.2, 0.25) is 5.91 Å². The standard InChI is InChI=1S/C16H21N3O5/c1-17-13(20)6-7-18(16(17)24)9-14(21)19-11-5-3-2-4-10(11)8-12(19)15(22)23/h6-7,10-12H,2-5,8-9H2,1H3,(H,22,23). The van der Waals surface area contributed by atoms with E-state index in [9.17, 15) is 24.3 Å². The molecule has 0 aromatic carbocycles. The minimum Gasteiger partial charge on any atom is -0.480 e. The molecule has 3 unspecified atom stereocenters. The lowest BCUT2D eigenvalue weighted by molar-refractivity contribution is -0.150. The Kier molecular flexibility index (Phi) is 4.29. The van der Waals surface area contributed by atoms with Crippen LogP contribution in [0.25, 0.3) is 0 Å². The van der Waals surface area contributed by atoms with Gasteiger partial charge in [-0.15, -0.1) is 0 Å². The summed E-state index contributed by atoms with van der Waals surface area (Å²) >= 11 is 0. The second-order valence-electron chi connectivity index (χ2n) is 6.63. The molecule has 1 N–H and O–H groups in total. The van der Waals surface area contributed by atoms with Crippen molar-refractivity contribution in [3.05, 3.63) is 33.1 Å². The highest BCUT2D eigenvalue weighted by Crippen LogP contribution is 2.39. The third-order valence-electron chi connectivity index (χ3n) is 5.23. The number of aromatic nitrogens is 2. The number of carboxylic acid groups (broad SMARTS) is 1. The number of amides is 1. The lowest BCUT2D eigenvalue weighted by atomic mass is 9.85. The first kappa shape index (κ1) is 16.5. The molecule has 1 aromatic heterocycles. The zero-order chi connectivity index (χ0) is 17.4. The smallest absolute Gasteiger partial charge is 0.331 e. The summed E-state index contributed by atoms with van der Waals surface area (Å²) in [5.74, 6) is -1.15. The van der Waals surface area contributed by atoms with Gasteiger partial charge in [0.15, 0.2) is 0 Å². The van der Waals surface area contributed by atoms with Gasteiger partial charge in [-0.1, -0.05) is 12.8 Å². The molecule has 8 nitrogen and oxygen atoms in total. The van der Waals surface area contributed by atoms with Crippen molar-refractivity contribution >= 4 is 11.9 Å². The maximum Gasteiger partial charge on any atom is 0.331 e. The van der Waals surface area contributed by atoms with Gasteiger partial charge in [0.1, 0.15) is 12.6 Å². The van der Waals surface area contributed by atoms with Crippen molar-refractivity contribution in [1.82, 2.24) is 14.0 Å². The number of hydrogen-bond donors (Lipinski definition) is 1. The number of carbonyl (C=O) groups is 2. The van der Waals surface area contributed by atoms with Gasteiger partial charge in [-0.25, -0.2) is 9.59 Å². The zero-order valence-corrected chi connectivity index (χ0v) is 13.6. The number of rotatable bonds is 3. The highest BCUT2D eigenvalue weighted by atomic mass is 16.4. The largest absolute Gasteiger partial charge is 0.480 e. The second-order valence-corrected chi connectivity index (χ2v) is 6.63. The molecular formula is C16H21N3O5. The summed E-state index contributed by atoms with van der Waals surface area (Å²) in [5.41, 5.74) is -1.03. The molecule has 8 heteroatoms. The predicted molar refractivity (Wildman–Crippen MR) is 84.6 cm³/mol. The minimum absolute atomic E-state index is 0.0596. The monoisotopic (exact) mass is 335 g/mol. The molecule has 3 rings (SSSR count). The summed E-state index contributed by atoms with van der Waals surface area (Å²) in [7, 11) is 1.35. The quantitative estimate of drug-likeness (QED) is 0.824. The van der Waals surface area contributed by atoms with Crippen LogP contribution in [-0.4, -0.2) is 43.1 Å². The Morgan fingerprint density at radius 3 is 2.67 bits per heavy atom. The van der Waals surface area contributed by atoms with E-state index in [1.54, 1.807) is 0 Å². The number of aliphatic carboxylic acids is 1. The molecule has 130 valence electrons. The van der Waals surface area contributed by atoms with E-state index >= 15 is 0 Å². The number of carboxylic acids is 1. The number of carbonyl (C=O) groups excluding carboxylic acids is 1. The summed E-state index contributed by atoms with van der Waals surface area (Å²) in [6, 6.07) is 0.334. The Labute approximate surface area is 138 Å². The molecule has 1 aliphatic carbocycles. The average Bonchev–Trinajstić information content (AvgIpc) is 2.95. The first-order valence-electron chi connectivity index (χ1n) is 8.20. The molecule has 24 heavy (non-hydrogen) atoms. The molecule has 2 heterocycles. The Bertz CT molecular complexity index is 781. The number of fused-ring (bicyclic) bond motifs is 1. The molecule has 0 radical (unpaired) electrons. The van der Waals surface area contributed by atoms with E-state index in [4.69, 9.17) is 0 Å². The fourth-order valence-electron chi connectivity index (χ4n) is 4.00. The first-order chi connectivity index (χ1) is 11.4. The third kappa shape index (κ3) is 2.76. The molecule has 1 aliphatic heterocycles. The molecule has 0 bridgehead atoms. The van der Waals surface area contributed by atoms with Gasteiger partial charge < -0.3 is 10.0 Å². The van der Waals surface area contributed by atoms with Crippen molar-refractivity contribution in [3.8, 4) is 0 Å². The van der Waals surface area contributed by atoms with Crippen LogP contribution in [0.4, 0.5) is 0 Å². The Morgan fingerprint density at radius 1 is 1.25 bits per heavy atom. The summed E-state index contributed by atoms with van der Waals surface area (Å²) in [5, 5.41) is 9.47. The summed E-state index contributed by atoms with van der Waals surface area (Å²) in [6.45, 7) is -0.250. The third-order valence-corrected chi connectivity index (χ3v) is 5.23. The normalized spacial score (nSPS) is 26.2. The van der Waals surface area contributed by atoms with Crippen LogP contribution >= 0.6 is 0 Å². The molecule has 1 amide bonds. The maximum atomic E-state index is 12.7. The molecule has 3 atom stereocenters. The summed E-state index contributed by atoms with van der Waals surface area (Å²) in [4.78, 5) is 49.3. The molecule has 2 fully saturated rings. The SMILES string of the molecule is Cn1c(=O)ccn(CC(=O)N2C(C(=O)O)CC3CCCCC32)c1=O. The van der Waals surface area contributed by atoms with Crippen molar-refractivity contribution in [1.29, 1.82) is 0 Å². The first-order valence-corrected chi connectivity index (χ1v) is 8.20. The van der Waals surface area contributed by atoms with Crippen molar-refractivity contribution in [2.75, 3.05) is 0 Å². The van der Waals surface area contributed by atoms with Crippen molar-refractivity contribution in [2.24, 2.45) is 13.0 Å². The predicted octanol–water partition coefficient (Wildman–Crippen LogP) is -0.209. The van der Waals surface area contributed by atoms with Gasteiger partial charge in [-0.3, -0.25) is 18.7 Å². The van der Waals surface area contributed by atoms with E-state index in [0.717, 1.165) is 34.8 Å². The van der Waals surface area contributed by atoms with E-state index in [1.165, 1.54) is 24.2 Å². The Morgan fingerprint density at radius 2 is 1.96 bits per heavy atom. The molecule has 1 saturated carbocycles. The van der Waals surface area contributed by atoms with Crippen LogP contribution in [0.15, 0.2) is 21.9 Å². The molecule has 1 saturated heterocycles. The van der Waals surface area contributed by atoms with Crippen molar-refractivity contribution in [2.45, 2.75) is 50.7 Å². The van der Waals surface area contributed by atoms with E-state index in [-0.39, 0.29) is 24.4 Å². The zero-order valence-electron chi connectivity index (χ0n) is 13.6. The van der Waals surface area contributed by atoms with E-state index in [2.05, 4.69) is 0 Å². The summed E-state index contributed by atoms with van der Waals surface area (Å²) < 4.78 is 2.08. The van der Waals surface area contributed by atoms with E-state index in [1.807, 2.05) is 0 Å². The van der Waals surface area contributed by atoms with E-state index in [0.29, 0.717) is 6.42 Å². The number of nitrogens with zero attached hydrogens (tertiary/aromatic N) is 3. The molecule has 2 aliphatic rings. The summed E-state index contributed by atoms with van der Waals surface area (Å²) in [6.07, 6.45) is 5.56. The second kappa shape index (κ2) is 6.26. The van der Waals surface area contributed by atoms with E-state index < -0.39 is 23.3 Å². The van der Waals surface area contributed by atoms with Crippen LogP contribution < -0.4 is 11.2 Å². The number of likely N-dealkylation sites (tertiary alicyclic amines) is 1. The topological polar surface area (TPSA) is 102 Å². The lowest BCUT2D eigenvalue weighted by Gasteiger charge is -2.33. The Balaban J connectivity index is 1.87. The maximum absolute atomic E-state index is 12.7. The van der Waals surface area contributed by atoms with Crippen LogP contribution in [0.5, 0.6) is 0 Å². The van der Waals surface area contributed by atoms with Gasteiger partial charge >= 0.3 is 11.7 Å². The van der Waals surface area contributed by atoms with Crippen molar-refractivity contribution < 1.29 is 14.7 Å². The minimum atomic E-state index is -0.995. The molecule has 0 spiro atoms. The van der Waals surface area contributed by atoms with Crippen LogP contribution in [0.3, 0.4) is 0 Å². The van der Waals surface area contributed by atoms with Crippen molar-refractivity contribution in [3.63, 3.8) is 0 Å². The fraction of sp³-hybridized carbons (Fsp3) is 0.625. The Hall–Kier alpha value is -2.38. The van der Waals surface area contributed by atoms with Crippen LogP contribution in [-0.2, 0) is 23.2 Å².